The standard InChI is InChI=1S/C52H100NO8P/c1-6-8-10-12-14-16-18-20-22-23-24-25-26-27-28-29-31-32-34-36-38-40-42-44-51(54)58-48-50(49-60-62(56,57)59-47-46-53(3,4)5)61-52(55)45-43-41-39-37-35-33-30-21-19-17-15-13-11-9-7-2/h7,36,38,50H,2,6,8-35,37,39-49H2,1,3-5H3/p+1/b38-36+/t50-/m0/s1. The third-order valence-electron chi connectivity index (χ3n) is 11.6. The summed E-state index contributed by atoms with van der Waals surface area (Å²) in [5.74, 6) is -0.827. The van der Waals surface area contributed by atoms with Crippen LogP contribution in [0.1, 0.15) is 244 Å². The van der Waals surface area contributed by atoms with E-state index in [9.17, 15) is 19.0 Å². The summed E-state index contributed by atoms with van der Waals surface area (Å²) in [7, 11) is 1.47. The second-order valence-electron chi connectivity index (χ2n) is 19.0. The average molecular weight is 899 g/mol. The van der Waals surface area contributed by atoms with Crippen LogP contribution in [0.2, 0.25) is 0 Å². The monoisotopic (exact) mass is 899 g/mol. The quantitative estimate of drug-likeness (QED) is 0.0211. The molecule has 0 rings (SSSR count). The number of phosphoric ester groups is 1. The Balaban J connectivity index is 4.19. The predicted octanol–water partition coefficient (Wildman–Crippen LogP) is 15.5. The Labute approximate surface area is 383 Å². The van der Waals surface area contributed by atoms with Gasteiger partial charge in [-0.2, -0.15) is 0 Å². The highest BCUT2D eigenvalue weighted by Crippen LogP contribution is 2.43. The van der Waals surface area contributed by atoms with Gasteiger partial charge >= 0.3 is 19.8 Å². The van der Waals surface area contributed by atoms with Gasteiger partial charge in [0.1, 0.15) is 19.8 Å². The van der Waals surface area contributed by atoms with Crippen LogP contribution in [0, 0.1) is 0 Å². The summed E-state index contributed by atoms with van der Waals surface area (Å²) in [5, 5.41) is 0. The third-order valence-corrected chi connectivity index (χ3v) is 12.6. The molecule has 0 saturated carbocycles. The summed E-state index contributed by atoms with van der Waals surface area (Å²) in [4.78, 5) is 35.5. The van der Waals surface area contributed by atoms with E-state index in [2.05, 4.69) is 25.7 Å². The fourth-order valence-electron chi connectivity index (χ4n) is 7.53. The number of rotatable bonds is 49. The summed E-state index contributed by atoms with van der Waals surface area (Å²) in [6.07, 6.45) is 50.0. The van der Waals surface area contributed by atoms with Gasteiger partial charge in [0.05, 0.1) is 27.7 Å². The van der Waals surface area contributed by atoms with Gasteiger partial charge in [-0.05, 0) is 44.9 Å². The first-order valence-corrected chi connectivity index (χ1v) is 27.5. The van der Waals surface area contributed by atoms with Gasteiger partial charge in [-0.3, -0.25) is 18.6 Å². The van der Waals surface area contributed by atoms with Crippen LogP contribution < -0.4 is 0 Å². The van der Waals surface area contributed by atoms with Crippen molar-refractivity contribution in [3.05, 3.63) is 24.8 Å². The van der Waals surface area contributed by atoms with E-state index < -0.39 is 32.5 Å². The van der Waals surface area contributed by atoms with Crippen LogP contribution in [0.25, 0.3) is 0 Å². The summed E-state index contributed by atoms with van der Waals surface area (Å²) in [5.41, 5.74) is 0. The van der Waals surface area contributed by atoms with E-state index in [1.54, 1.807) is 0 Å². The number of phosphoric acid groups is 1. The SMILES string of the molecule is C=CCCCCCCCCCCCCCCCC(=O)O[C@@H](COC(=O)CCC/C=C/CCCCCCCCCCCCCCCCCCCC)COP(=O)(O)OCC[N+](C)(C)C. The van der Waals surface area contributed by atoms with Gasteiger partial charge in [-0.15, -0.1) is 6.58 Å². The number of hydrogen-bond donors (Lipinski definition) is 1. The van der Waals surface area contributed by atoms with Gasteiger partial charge in [0.15, 0.2) is 6.10 Å². The van der Waals surface area contributed by atoms with Crippen LogP contribution >= 0.6 is 7.82 Å². The molecule has 9 nitrogen and oxygen atoms in total. The number of allylic oxidation sites excluding steroid dienone is 3. The molecule has 366 valence electrons. The molecule has 0 aliphatic heterocycles. The van der Waals surface area contributed by atoms with E-state index in [4.69, 9.17) is 18.5 Å². The van der Waals surface area contributed by atoms with Crippen LogP contribution in [0.3, 0.4) is 0 Å². The Hall–Kier alpha value is -1.51. The molecule has 0 saturated heterocycles. The smallest absolute Gasteiger partial charge is 0.462 e. The van der Waals surface area contributed by atoms with Gasteiger partial charge in [-0.25, -0.2) is 4.57 Å². The van der Waals surface area contributed by atoms with Crippen molar-refractivity contribution in [1.82, 2.24) is 0 Å². The van der Waals surface area contributed by atoms with E-state index >= 15 is 0 Å². The molecule has 62 heavy (non-hydrogen) atoms. The minimum atomic E-state index is -4.38. The van der Waals surface area contributed by atoms with Crippen molar-refractivity contribution in [3.8, 4) is 0 Å². The number of quaternary nitrogens is 1. The maximum absolute atomic E-state index is 12.7. The lowest BCUT2D eigenvalue weighted by molar-refractivity contribution is -0.870. The Morgan fingerprint density at radius 2 is 0.919 bits per heavy atom. The number of ether oxygens (including phenoxy) is 2. The molecule has 2 atom stereocenters. The Bertz CT molecular complexity index is 1090. The zero-order valence-corrected chi connectivity index (χ0v) is 42.1. The molecule has 0 aromatic carbocycles. The first-order chi connectivity index (χ1) is 30.0. The van der Waals surface area contributed by atoms with Crippen LogP contribution in [-0.2, 0) is 32.7 Å². The number of carbonyl (C=O) groups excluding carboxylic acids is 2. The van der Waals surface area contributed by atoms with Crippen molar-refractivity contribution in [2.24, 2.45) is 0 Å². The van der Waals surface area contributed by atoms with Crippen molar-refractivity contribution in [2.45, 2.75) is 251 Å². The molecule has 1 N–H and O–H groups in total. The fourth-order valence-corrected chi connectivity index (χ4v) is 8.27. The first-order valence-electron chi connectivity index (χ1n) is 26.0. The highest BCUT2D eigenvalue weighted by molar-refractivity contribution is 7.47. The van der Waals surface area contributed by atoms with Crippen LogP contribution in [0.4, 0.5) is 0 Å². The highest BCUT2D eigenvalue weighted by atomic mass is 31.2. The first kappa shape index (κ1) is 60.5. The number of carbonyl (C=O) groups is 2. The second kappa shape index (κ2) is 44.7. The lowest BCUT2D eigenvalue weighted by Gasteiger charge is -2.24. The minimum Gasteiger partial charge on any atom is -0.462 e. The maximum atomic E-state index is 12.7. The van der Waals surface area contributed by atoms with E-state index in [1.165, 1.54) is 173 Å². The molecular formula is C52H101NO8P+. The lowest BCUT2D eigenvalue weighted by Crippen LogP contribution is -2.37. The minimum absolute atomic E-state index is 0.0292. The topological polar surface area (TPSA) is 108 Å². The molecule has 0 bridgehead atoms. The summed E-state index contributed by atoms with van der Waals surface area (Å²) in [6, 6.07) is 0. The maximum Gasteiger partial charge on any atom is 0.472 e. The van der Waals surface area contributed by atoms with Crippen LogP contribution in [-0.4, -0.2) is 74.9 Å². The summed E-state index contributed by atoms with van der Waals surface area (Å²) < 4.78 is 34.4. The van der Waals surface area contributed by atoms with E-state index in [1.807, 2.05) is 27.2 Å². The third kappa shape index (κ3) is 48.0. The van der Waals surface area contributed by atoms with Crippen LogP contribution in [0.15, 0.2) is 24.8 Å². The van der Waals surface area contributed by atoms with Crippen molar-refractivity contribution in [2.75, 3.05) is 47.5 Å². The Morgan fingerprint density at radius 1 is 0.532 bits per heavy atom. The van der Waals surface area contributed by atoms with E-state index in [0.717, 1.165) is 38.5 Å². The zero-order valence-electron chi connectivity index (χ0n) is 41.2. The van der Waals surface area contributed by atoms with Crippen molar-refractivity contribution >= 4 is 19.8 Å². The zero-order chi connectivity index (χ0) is 45.7. The molecule has 0 aliphatic carbocycles. The van der Waals surface area contributed by atoms with Crippen molar-refractivity contribution in [3.63, 3.8) is 0 Å². The van der Waals surface area contributed by atoms with Gasteiger partial charge in [0.2, 0.25) is 0 Å². The molecular weight excluding hydrogens is 798 g/mol. The van der Waals surface area contributed by atoms with Crippen LogP contribution in [0.5, 0.6) is 0 Å². The van der Waals surface area contributed by atoms with Gasteiger partial charge in [0, 0.05) is 12.8 Å². The molecule has 10 heteroatoms. The molecule has 0 heterocycles. The number of likely N-dealkylation sites (N-methyl/N-ethyl adjacent to an activating group) is 1. The average Bonchev–Trinajstić information content (AvgIpc) is 3.23. The lowest BCUT2D eigenvalue weighted by atomic mass is 10.0. The molecule has 0 aliphatic rings. The predicted molar refractivity (Wildman–Crippen MR) is 261 cm³/mol. The summed E-state index contributed by atoms with van der Waals surface area (Å²) >= 11 is 0. The molecule has 0 radical (unpaired) electrons. The van der Waals surface area contributed by atoms with Crippen molar-refractivity contribution in [1.29, 1.82) is 0 Å². The number of esters is 2. The van der Waals surface area contributed by atoms with Gasteiger partial charge in [0.25, 0.3) is 0 Å². The molecule has 0 fully saturated rings. The van der Waals surface area contributed by atoms with Gasteiger partial charge in [-0.1, -0.05) is 205 Å². The van der Waals surface area contributed by atoms with E-state index in [0.29, 0.717) is 23.9 Å². The summed E-state index contributed by atoms with van der Waals surface area (Å²) in [6.45, 7) is 5.96. The van der Waals surface area contributed by atoms with Crippen molar-refractivity contribution < 1.29 is 42.1 Å². The number of unbranched alkanes of at least 4 members (excludes halogenated alkanes) is 32. The Kier molecular flexibility index (Phi) is 43.6. The highest BCUT2D eigenvalue weighted by Gasteiger charge is 2.27. The van der Waals surface area contributed by atoms with E-state index in [-0.39, 0.29) is 26.1 Å². The second-order valence-corrected chi connectivity index (χ2v) is 20.4. The molecule has 0 aromatic rings. The normalized spacial score (nSPS) is 13.4. The molecule has 0 aromatic heterocycles. The molecule has 0 amide bonds. The molecule has 1 unspecified atom stereocenters. The largest absolute Gasteiger partial charge is 0.472 e. The fraction of sp³-hybridized carbons (Fsp3) is 0.885. The Morgan fingerprint density at radius 3 is 1.35 bits per heavy atom. The number of hydrogen-bond acceptors (Lipinski definition) is 7. The van der Waals surface area contributed by atoms with Gasteiger partial charge < -0.3 is 18.9 Å². The molecule has 0 spiro atoms. The number of nitrogens with zero attached hydrogens (tertiary/aromatic N) is 1.